The summed E-state index contributed by atoms with van der Waals surface area (Å²) in [6.45, 7) is 0. The Balaban J connectivity index is 1.79. The maximum atomic E-state index is 6.07. The van der Waals surface area contributed by atoms with Crippen molar-refractivity contribution < 1.29 is 9.26 Å². The fraction of sp³-hybridized carbons (Fsp3) is 0.875. The molecule has 0 spiro atoms. The fourth-order valence-electron chi connectivity index (χ4n) is 3.86. The first-order valence-electron chi connectivity index (χ1n) is 8.38. The van der Waals surface area contributed by atoms with E-state index in [1.807, 2.05) is 0 Å². The van der Waals surface area contributed by atoms with Crippen LogP contribution >= 0.6 is 0 Å². The van der Waals surface area contributed by atoms with Gasteiger partial charge in [-0.15, -0.1) is 0 Å². The zero-order valence-corrected chi connectivity index (χ0v) is 13.0. The lowest BCUT2D eigenvalue weighted by Gasteiger charge is -2.27. The van der Waals surface area contributed by atoms with Crippen molar-refractivity contribution in [2.24, 2.45) is 5.73 Å². The minimum atomic E-state index is -0.338. The molecule has 2 unspecified atom stereocenters. The molecule has 0 aliphatic heterocycles. The van der Waals surface area contributed by atoms with Crippen molar-refractivity contribution in [3.63, 3.8) is 0 Å². The summed E-state index contributed by atoms with van der Waals surface area (Å²) in [6.07, 6.45) is 11.2. The molecule has 0 bridgehead atoms. The Morgan fingerprint density at radius 2 is 1.90 bits per heavy atom. The molecule has 5 nitrogen and oxygen atoms in total. The van der Waals surface area contributed by atoms with Crippen LogP contribution in [-0.2, 0) is 10.3 Å². The van der Waals surface area contributed by atoms with Crippen LogP contribution in [0.1, 0.15) is 81.8 Å². The molecule has 2 N–H and O–H groups in total. The summed E-state index contributed by atoms with van der Waals surface area (Å²) in [4.78, 5) is 4.72. The number of nitrogens with two attached hydrogens (primary N) is 1. The highest BCUT2D eigenvalue weighted by molar-refractivity contribution is 5.05. The Hall–Kier alpha value is -0.940. The number of ether oxygens (including phenoxy) is 1. The molecule has 118 valence electrons. The Bertz CT molecular complexity index is 452. The van der Waals surface area contributed by atoms with Crippen LogP contribution < -0.4 is 5.73 Å². The summed E-state index contributed by atoms with van der Waals surface area (Å²) in [5.74, 6) is 1.84. The first-order chi connectivity index (χ1) is 10.2. The van der Waals surface area contributed by atoms with Crippen LogP contribution in [0.4, 0.5) is 0 Å². The predicted molar refractivity (Wildman–Crippen MR) is 79.9 cm³/mol. The van der Waals surface area contributed by atoms with E-state index in [9.17, 15) is 0 Å². The molecule has 2 fully saturated rings. The number of nitrogens with zero attached hydrogens (tertiary/aromatic N) is 2. The zero-order chi connectivity index (χ0) is 14.7. The van der Waals surface area contributed by atoms with Gasteiger partial charge in [-0.25, -0.2) is 0 Å². The minimum absolute atomic E-state index is 0.272. The van der Waals surface area contributed by atoms with Gasteiger partial charge in [0.15, 0.2) is 0 Å². The summed E-state index contributed by atoms with van der Waals surface area (Å²) in [6, 6.07) is 0.272. The Morgan fingerprint density at radius 1 is 1.14 bits per heavy atom. The van der Waals surface area contributed by atoms with Crippen LogP contribution in [0.15, 0.2) is 4.52 Å². The average molecular weight is 293 g/mol. The molecule has 0 aromatic carbocycles. The molecular weight excluding hydrogens is 266 g/mol. The average Bonchev–Trinajstić information content (AvgIpc) is 2.87. The first kappa shape index (κ1) is 15.0. The SMILES string of the molecule is COC1(c2noc(C3CCCC(N)C3)n2)CCCCCC1. The summed E-state index contributed by atoms with van der Waals surface area (Å²) < 4.78 is 11.4. The van der Waals surface area contributed by atoms with Crippen molar-refractivity contribution in [3.05, 3.63) is 11.7 Å². The van der Waals surface area contributed by atoms with E-state index >= 15 is 0 Å². The molecular formula is C16H27N3O2. The topological polar surface area (TPSA) is 74.2 Å². The van der Waals surface area contributed by atoms with E-state index in [-0.39, 0.29) is 11.6 Å². The smallest absolute Gasteiger partial charge is 0.229 e. The standard InChI is InChI=1S/C16H27N3O2/c1-20-16(9-4-2-3-5-10-16)15-18-14(21-19-15)12-7-6-8-13(17)11-12/h12-13H,2-11,17H2,1H3. The summed E-state index contributed by atoms with van der Waals surface area (Å²) >= 11 is 0. The Labute approximate surface area is 126 Å². The second kappa shape index (κ2) is 6.44. The van der Waals surface area contributed by atoms with Gasteiger partial charge >= 0.3 is 0 Å². The van der Waals surface area contributed by atoms with E-state index in [1.165, 1.54) is 25.7 Å². The van der Waals surface area contributed by atoms with Gasteiger partial charge in [-0.2, -0.15) is 4.98 Å². The molecule has 0 radical (unpaired) electrons. The molecule has 5 heteroatoms. The number of rotatable bonds is 3. The maximum absolute atomic E-state index is 6.07. The third kappa shape index (κ3) is 3.14. The normalized spacial score (nSPS) is 30.0. The highest BCUT2D eigenvalue weighted by atomic mass is 16.5. The van der Waals surface area contributed by atoms with E-state index in [4.69, 9.17) is 20.0 Å². The monoisotopic (exact) mass is 293 g/mol. The Morgan fingerprint density at radius 3 is 2.57 bits per heavy atom. The van der Waals surface area contributed by atoms with E-state index in [0.29, 0.717) is 5.92 Å². The van der Waals surface area contributed by atoms with Gasteiger partial charge in [0.1, 0.15) is 5.60 Å². The van der Waals surface area contributed by atoms with Crippen molar-refractivity contribution in [2.75, 3.05) is 7.11 Å². The number of hydrogen-bond acceptors (Lipinski definition) is 5. The fourth-order valence-corrected chi connectivity index (χ4v) is 3.86. The molecule has 2 aliphatic carbocycles. The Kier molecular flexibility index (Phi) is 4.60. The molecule has 2 saturated carbocycles. The van der Waals surface area contributed by atoms with Gasteiger partial charge in [0.25, 0.3) is 0 Å². The summed E-state index contributed by atoms with van der Waals surface area (Å²) in [5, 5.41) is 4.27. The quantitative estimate of drug-likeness (QED) is 0.866. The van der Waals surface area contributed by atoms with Crippen molar-refractivity contribution in [1.82, 2.24) is 10.1 Å². The molecule has 2 aliphatic rings. The largest absolute Gasteiger partial charge is 0.370 e. The third-order valence-electron chi connectivity index (χ3n) is 5.22. The van der Waals surface area contributed by atoms with E-state index in [0.717, 1.165) is 50.2 Å². The van der Waals surface area contributed by atoms with Crippen LogP contribution in [0.3, 0.4) is 0 Å². The molecule has 3 rings (SSSR count). The van der Waals surface area contributed by atoms with Crippen molar-refractivity contribution in [3.8, 4) is 0 Å². The van der Waals surface area contributed by atoms with E-state index in [1.54, 1.807) is 7.11 Å². The molecule has 1 aromatic rings. The highest BCUT2D eigenvalue weighted by Gasteiger charge is 2.38. The molecule has 1 aromatic heterocycles. The van der Waals surface area contributed by atoms with Gasteiger partial charge in [0.2, 0.25) is 11.7 Å². The van der Waals surface area contributed by atoms with Crippen LogP contribution in [-0.4, -0.2) is 23.3 Å². The second-order valence-corrected chi connectivity index (χ2v) is 6.69. The number of aromatic nitrogens is 2. The van der Waals surface area contributed by atoms with E-state index in [2.05, 4.69) is 5.16 Å². The van der Waals surface area contributed by atoms with Crippen LogP contribution in [0.2, 0.25) is 0 Å². The van der Waals surface area contributed by atoms with Crippen LogP contribution in [0, 0.1) is 0 Å². The second-order valence-electron chi connectivity index (χ2n) is 6.69. The van der Waals surface area contributed by atoms with Gasteiger partial charge in [-0.05, 0) is 32.1 Å². The molecule has 0 amide bonds. The van der Waals surface area contributed by atoms with Gasteiger partial charge < -0.3 is 15.0 Å². The van der Waals surface area contributed by atoms with Gasteiger partial charge in [-0.3, -0.25) is 0 Å². The summed E-state index contributed by atoms with van der Waals surface area (Å²) in [7, 11) is 1.78. The molecule has 21 heavy (non-hydrogen) atoms. The predicted octanol–water partition coefficient (Wildman–Crippen LogP) is 3.25. The van der Waals surface area contributed by atoms with Crippen molar-refractivity contribution >= 4 is 0 Å². The lowest BCUT2D eigenvalue weighted by atomic mass is 9.86. The van der Waals surface area contributed by atoms with Crippen molar-refractivity contribution in [2.45, 2.75) is 81.8 Å². The molecule has 0 saturated heterocycles. The third-order valence-corrected chi connectivity index (χ3v) is 5.22. The van der Waals surface area contributed by atoms with Crippen LogP contribution in [0.5, 0.6) is 0 Å². The van der Waals surface area contributed by atoms with Crippen molar-refractivity contribution in [1.29, 1.82) is 0 Å². The molecule has 1 heterocycles. The van der Waals surface area contributed by atoms with Crippen LogP contribution in [0.25, 0.3) is 0 Å². The van der Waals surface area contributed by atoms with Gasteiger partial charge in [0, 0.05) is 19.1 Å². The summed E-state index contributed by atoms with van der Waals surface area (Å²) in [5.41, 5.74) is 5.73. The minimum Gasteiger partial charge on any atom is -0.370 e. The molecule has 2 atom stereocenters. The first-order valence-corrected chi connectivity index (χ1v) is 8.38. The lowest BCUT2D eigenvalue weighted by Crippen LogP contribution is -2.30. The zero-order valence-electron chi connectivity index (χ0n) is 13.0. The number of methoxy groups -OCH3 is 1. The van der Waals surface area contributed by atoms with Gasteiger partial charge in [-0.1, -0.05) is 37.3 Å². The maximum Gasteiger partial charge on any atom is 0.229 e. The number of hydrogen-bond donors (Lipinski definition) is 1. The van der Waals surface area contributed by atoms with Gasteiger partial charge in [0.05, 0.1) is 0 Å². The van der Waals surface area contributed by atoms with E-state index < -0.39 is 0 Å². The lowest BCUT2D eigenvalue weighted by molar-refractivity contribution is -0.0365. The highest BCUT2D eigenvalue weighted by Crippen LogP contribution is 2.39.